The van der Waals surface area contributed by atoms with Gasteiger partial charge in [-0.3, -0.25) is 4.79 Å². The zero-order valence-corrected chi connectivity index (χ0v) is 14.5. The molecule has 22 heavy (non-hydrogen) atoms. The second-order valence-corrected chi connectivity index (χ2v) is 6.47. The number of hydrogen-bond donors (Lipinski definition) is 1. The first-order chi connectivity index (χ1) is 10.2. The molecule has 1 aromatic heterocycles. The van der Waals surface area contributed by atoms with Crippen LogP contribution in [-0.2, 0) is 17.6 Å². The second-order valence-electron chi connectivity index (χ2n) is 5.09. The number of halogens is 1. The molecule has 0 saturated heterocycles. The molecule has 0 unspecified atom stereocenters. The Labute approximate surface area is 142 Å². The van der Waals surface area contributed by atoms with Crippen LogP contribution < -0.4 is 5.73 Å². The molecule has 0 atom stereocenters. The van der Waals surface area contributed by atoms with E-state index in [0.29, 0.717) is 19.5 Å². The first-order valence-electron chi connectivity index (χ1n) is 7.26. The Balaban J connectivity index is 0.00000242. The third-order valence-electron chi connectivity index (χ3n) is 3.39. The minimum Gasteiger partial charge on any atom is -0.341 e. The van der Waals surface area contributed by atoms with Crippen molar-refractivity contribution < 1.29 is 4.79 Å². The molecule has 1 amide bonds. The summed E-state index contributed by atoms with van der Waals surface area (Å²) in [6, 6.07) is 14.3. The van der Waals surface area contributed by atoms with Crippen molar-refractivity contribution in [3.8, 4) is 0 Å². The van der Waals surface area contributed by atoms with Crippen LogP contribution in [0.5, 0.6) is 0 Å². The van der Waals surface area contributed by atoms with Gasteiger partial charge in [-0.25, -0.2) is 0 Å². The van der Waals surface area contributed by atoms with Gasteiger partial charge in [0.25, 0.3) is 0 Å². The molecule has 0 aliphatic heterocycles. The fraction of sp³-hybridized carbons (Fsp3) is 0.353. The molecule has 3 nitrogen and oxygen atoms in total. The van der Waals surface area contributed by atoms with Crippen molar-refractivity contribution in [1.29, 1.82) is 0 Å². The van der Waals surface area contributed by atoms with E-state index in [2.05, 4.69) is 25.1 Å². The van der Waals surface area contributed by atoms with Gasteiger partial charge in [0.05, 0.1) is 6.42 Å². The van der Waals surface area contributed by atoms with E-state index in [1.165, 1.54) is 10.4 Å². The Morgan fingerprint density at radius 3 is 2.45 bits per heavy atom. The Bertz CT molecular complexity index is 571. The van der Waals surface area contributed by atoms with Gasteiger partial charge in [0.1, 0.15) is 0 Å². The number of benzene rings is 1. The summed E-state index contributed by atoms with van der Waals surface area (Å²) < 4.78 is 0. The van der Waals surface area contributed by atoms with Gasteiger partial charge in [-0.15, -0.1) is 23.7 Å². The third-order valence-corrected chi connectivity index (χ3v) is 4.39. The molecule has 0 fully saturated rings. The van der Waals surface area contributed by atoms with E-state index in [1.54, 1.807) is 11.3 Å². The van der Waals surface area contributed by atoms with Crippen LogP contribution in [0.3, 0.4) is 0 Å². The van der Waals surface area contributed by atoms with Crippen LogP contribution in [0, 0.1) is 6.92 Å². The first-order valence-corrected chi connectivity index (χ1v) is 8.08. The molecule has 0 radical (unpaired) electrons. The maximum Gasteiger partial charge on any atom is 0.227 e. The topological polar surface area (TPSA) is 46.3 Å². The van der Waals surface area contributed by atoms with Gasteiger partial charge in [0.15, 0.2) is 0 Å². The van der Waals surface area contributed by atoms with Crippen LogP contribution in [0.25, 0.3) is 0 Å². The summed E-state index contributed by atoms with van der Waals surface area (Å²) in [5, 5.41) is 0. The minimum atomic E-state index is 0. The van der Waals surface area contributed by atoms with Crippen molar-refractivity contribution in [1.82, 2.24) is 4.90 Å². The zero-order valence-electron chi connectivity index (χ0n) is 12.8. The molecule has 0 saturated carbocycles. The van der Waals surface area contributed by atoms with Crippen molar-refractivity contribution in [3.05, 3.63) is 57.8 Å². The van der Waals surface area contributed by atoms with Crippen molar-refractivity contribution >= 4 is 29.7 Å². The second kappa shape index (κ2) is 9.62. The first kappa shape index (κ1) is 18.7. The average molecular weight is 339 g/mol. The highest BCUT2D eigenvalue weighted by atomic mass is 35.5. The molecule has 120 valence electrons. The summed E-state index contributed by atoms with van der Waals surface area (Å²) in [4.78, 5) is 16.7. The lowest BCUT2D eigenvalue weighted by Crippen LogP contribution is -2.37. The van der Waals surface area contributed by atoms with E-state index in [0.717, 1.165) is 17.8 Å². The maximum absolute atomic E-state index is 12.4. The largest absolute Gasteiger partial charge is 0.341 e. The number of thiophene rings is 1. The number of hydrogen-bond acceptors (Lipinski definition) is 3. The minimum absolute atomic E-state index is 0. The fourth-order valence-corrected chi connectivity index (χ4v) is 3.15. The van der Waals surface area contributed by atoms with Crippen LogP contribution in [-0.4, -0.2) is 30.4 Å². The van der Waals surface area contributed by atoms with Crippen LogP contribution in [0.1, 0.15) is 15.3 Å². The molecular formula is C17H23ClN2OS. The lowest BCUT2D eigenvalue weighted by Gasteiger charge is -2.22. The van der Waals surface area contributed by atoms with Crippen LogP contribution in [0.2, 0.25) is 0 Å². The van der Waals surface area contributed by atoms with E-state index < -0.39 is 0 Å². The van der Waals surface area contributed by atoms with Gasteiger partial charge in [-0.2, -0.15) is 0 Å². The van der Waals surface area contributed by atoms with E-state index in [9.17, 15) is 4.79 Å². The Hall–Kier alpha value is -1.36. The number of aryl methyl sites for hydroxylation is 1. The van der Waals surface area contributed by atoms with Crippen LogP contribution in [0.15, 0.2) is 42.5 Å². The average Bonchev–Trinajstić information content (AvgIpc) is 2.89. The molecule has 1 heterocycles. The Morgan fingerprint density at radius 1 is 1.14 bits per heavy atom. The van der Waals surface area contributed by atoms with Crippen molar-refractivity contribution in [2.24, 2.45) is 5.73 Å². The molecule has 0 spiro atoms. The molecule has 2 rings (SSSR count). The molecular weight excluding hydrogens is 316 g/mol. The van der Waals surface area contributed by atoms with E-state index in [4.69, 9.17) is 5.73 Å². The number of carbonyl (C=O) groups excluding carboxylic acids is 1. The van der Waals surface area contributed by atoms with Gasteiger partial charge < -0.3 is 10.6 Å². The quantitative estimate of drug-likeness (QED) is 0.843. The predicted octanol–water partition coefficient (Wildman–Crippen LogP) is 3.05. The highest BCUT2D eigenvalue weighted by molar-refractivity contribution is 7.12. The monoisotopic (exact) mass is 338 g/mol. The number of nitrogens with two attached hydrogens (primary N) is 1. The smallest absolute Gasteiger partial charge is 0.227 e. The normalized spacial score (nSPS) is 10.1. The lowest BCUT2D eigenvalue weighted by molar-refractivity contribution is -0.130. The molecule has 1 aromatic carbocycles. The molecule has 2 N–H and O–H groups in total. The van der Waals surface area contributed by atoms with Gasteiger partial charge in [0.2, 0.25) is 5.91 Å². The summed E-state index contributed by atoms with van der Waals surface area (Å²) in [5.74, 6) is 0.165. The van der Waals surface area contributed by atoms with Crippen LogP contribution >= 0.6 is 23.7 Å². The van der Waals surface area contributed by atoms with Crippen molar-refractivity contribution in [3.63, 3.8) is 0 Å². The number of rotatable bonds is 7. The zero-order chi connectivity index (χ0) is 15.1. The van der Waals surface area contributed by atoms with Gasteiger partial charge in [-0.05, 0) is 31.0 Å². The Kier molecular flexibility index (Phi) is 8.17. The number of nitrogens with zero attached hydrogens (tertiary/aromatic N) is 1. The highest BCUT2D eigenvalue weighted by Crippen LogP contribution is 2.16. The Morgan fingerprint density at radius 2 is 1.86 bits per heavy atom. The molecule has 0 aliphatic rings. The van der Waals surface area contributed by atoms with Crippen LogP contribution in [0.4, 0.5) is 0 Å². The lowest BCUT2D eigenvalue weighted by atomic mass is 10.1. The summed E-state index contributed by atoms with van der Waals surface area (Å²) in [7, 11) is 0. The fourth-order valence-electron chi connectivity index (χ4n) is 2.27. The summed E-state index contributed by atoms with van der Waals surface area (Å²) in [6.45, 7) is 3.91. The molecule has 5 heteroatoms. The maximum atomic E-state index is 12.4. The van der Waals surface area contributed by atoms with Gasteiger partial charge >= 0.3 is 0 Å². The SMILES string of the molecule is Cc1ccc(CC(=O)N(CCN)CCc2ccccc2)s1.Cl. The summed E-state index contributed by atoms with van der Waals surface area (Å²) in [6.07, 6.45) is 1.35. The van der Waals surface area contributed by atoms with Gasteiger partial charge in [-0.1, -0.05) is 30.3 Å². The number of amides is 1. The van der Waals surface area contributed by atoms with E-state index >= 15 is 0 Å². The molecule has 0 bridgehead atoms. The standard InChI is InChI=1S/C17H22N2OS.ClH/c1-14-7-8-16(21-14)13-17(20)19(12-10-18)11-9-15-5-3-2-4-6-15;/h2-8H,9-13,18H2,1H3;1H. The highest BCUT2D eigenvalue weighted by Gasteiger charge is 2.14. The van der Waals surface area contributed by atoms with Crippen molar-refractivity contribution in [2.75, 3.05) is 19.6 Å². The summed E-state index contributed by atoms with van der Waals surface area (Å²) in [5.41, 5.74) is 6.89. The summed E-state index contributed by atoms with van der Waals surface area (Å²) >= 11 is 1.69. The predicted molar refractivity (Wildman–Crippen MR) is 95.8 cm³/mol. The van der Waals surface area contributed by atoms with Gasteiger partial charge in [0, 0.05) is 29.4 Å². The molecule has 2 aromatic rings. The van der Waals surface area contributed by atoms with Crippen molar-refractivity contribution in [2.45, 2.75) is 19.8 Å². The number of carbonyl (C=O) groups is 1. The van der Waals surface area contributed by atoms with E-state index in [1.807, 2.05) is 29.2 Å². The third kappa shape index (κ3) is 5.79. The molecule has 0 aliphatic carbocycles. The van der Waals surface area contributed by atoms with E-state index in [-0.39, 0.29) is 18.3 Å².